The van der Waals surface area contributed by atoms with E-state index < -0.39 is 0 Å². The molecule has 1 aromatic rings. The van der Waals surface area contributed by atoms with Gasteiger partial charge in [0.2, 0.25) is 0 Å². The molecule has 0 unspecified atom stereocenters. The van der Waals surface area contributed by atoms with Crippen molar-refractivity contribution in [1.29, 1.82) is 0 Å². The first-order valence-corrected chi connectivity index (χ1v) is 4.48. The van der Waals surface area contributed by atoms with Gasteiger partial charge < -0.3 is 0 Å². The topological polar surface area (TPSA) is 61.5 Å². The van der Waals surface area contributed by atoms with Gasteiger partial charge in [-0.05, 0) is 5.25 Å². The monoisotopic (exact) mass is 173 g/mol. The first-order valence-electron chi connectivity index (χ1n) is 3.43. The maximum atomic E-state index is 10.6. The molecule has 0 atom stereocenters. The van der Waals surface area contributed by atoms with Crippen molar-refractivity contribution in [2.75, 3.05) is 0 Å². The second-order valence-corrected chi connectivity index (χ2v) is 4.05. The largest absolute Gasteiger partial charge is 0.340 e. The Hall–Kier alpha value is -0.710. The Morgan fingerprint density at radius 2 is 2.36 bits per heavy atom. The van der Waals surface area contributed by atoms with Crippen LogP contribution in [-0.2, 0) is 5.75 Å². The quantitative estimate of drug-likeness (QED) is 0.708. The van der Waals surface area contributed by atoms with Crippen LogP contribution in [0.25, 0.3) is 0 Å². The molecule has 0 bridgehead atoms. The molecule has 4 nitrogen and oxygen atoms in total. The molecule has 0 aliphatic heterocycles. The molecule has 5 heteroatoms. The van der Waals surface area contributed by atoms with Gasteiger partial charge in [-0.1, -0.05) is 13.8 Å². The highest BCUT2D eigenvalue weighted by Crippen LogP contribution is 2.12. The molecule has 0 spiro atoms. The maximum Gasteiger partial charge on any atom is 0.340 e. The number of H-pyrrole nitrogens is 2. The minimum Gasteiger partial charge on any atom is -0.292 e. The predicted molar refractivity (Wildman–Crippen MR) is 45.6 cm³/mol. The van der Waals surface area contributed by atoms with Crippen molar-refractivity contribution in [2.24, 2.45) is 0 Å². The van der Waals surface area contributed by atoms with Crippen LogP contribution in [-0.4, -0.2) is 20.4 Å². The molecule has 62 valence electrons. The third kappa shape index (κ3) is 2.80. The van der Waals surface area contributed by atoms with Gasteiger partial charge in [-0.25, -0.2) is 9.89 Å². The first kappa shape index (κ1) is 8.39. The van der Waals surface area contributed by atoms with E-state index in [2.05, 4.69) is 29.0 Å². The molecule has 1 heterocycles. The fraction of sp³-hybridized carbons (Fsp3) is 0.667. The van der Waals surface area contributed by atoms with Gasteiger partial charge in [0, 0.05) is 0 Å². The summed E-state index contributed by atoms with van der Waals surface area (Å²) in [5.41, 5.74) is -0.232. The molecule has 1 aromatic heterocycles. The summed E-state index contributed by atoms with van der Waals surface area (Å²) in [5.74, 6) is 1.48. The molecule has 0 saturated heterocycles. The average Bonchev–Trinajstić information content (AvgIpc) is 2.31. The molecule has 0 fully saturated rings. The van der Waals surface area contributed by atoms with Crippen LogP contribution in [0.4, 0.5) is 0 Å². The zero-order chi connectivity index (χ0) is 8.27. The van der Waals surface area contributed by atoms with Gasteiger partial charge in [0.1, 0.15) is 5.82 Å². The summed E-state index contributed by atoms with van der Waals surface area (Å²) in [4.78, 5) is 13.1. The SMILES string of the molecule is CC(C)SCc1n[nH]c(=O)[nH]1. The molecule has 0 amide bonds. The zero-order valence-corrected chi connectivity index (χ0v) is 7.36. The molecule has 0 saturated carbocycles. The van der Waals surface area contributed by atoms with E-state index in [-0.39, 0.29) is 5.69 Å². The summed E-state index contributed by atoms with van der Waals surface area (Å²) in [6.45, 7) is 4.21. The van der Waals surface area contributed by atoms with E-state index in [1.165, 1.54) is 0 Å². The average molecular weight is 173 g/mol. The number of rotatable bonds is 3. The normalized spacial score (nSPS) is 10.8. The number of hydrogen-bond donors (Lipinski definition) is 2. The molecule has 0 aliphatic rings. The molecule has 0 aromatic carbocycles. The number of aromatic amines is 2. The third-order valence-electron chi connectivity index (χ3n) is 1.10. The zero-order valence-electron chi connectivity index (χ0n) is 6.55. The summed E-state index contributed by atoms with van der Waals surface area (Å²) in [7, 11) is 0. The number of thioether (sulfide) groups is 1. The fourth-order valence-electron chi connectivity index (χ4n) is 0.619. The number of nitrogens with zero attached hydrogens (tertiary/aromatic N) is 1. The highest BCUT2D eigenvalue weighted by atomic mass is 32.2. The van der Waals surface area contributed by atoms with E-state index in [0.717, 1.165) is 5.75 Å². The van der Waals surface area contributed by atoms with Crippen molar-refractivity contribution in [3.63, 3.8) is 0 Å². The van der Waals surface area contributed by atoms with Crippen molar-refractivity contribution in [2.45, 2.75) is 24.9 Å². The van der Waals surface area contributed by atoms with Gasteiger partial charge in [-0.3, -0.25) is 4.98 Å². The van der Waals surface area contributed by atoms with Crippen LogP contribution in [0.2, 0.25) is 0 Å². The van der Waals surface area contributed by atoms with Crippen LogP contribution in [0.15, 0.2) is 4.79 Å². The summed E-state index contributed by atoms with van der Waals surface area (Å²) in [6.07, 6.45) is 0. The predicted octanol–water partition coefficient (Wildman–Crippen LogP) is 0.740. The van der Waals surface area contributed by atoms with E-state index in [1.807, 2.05) is 0 Å². The van der Waals surface area contributed by atoms with E-state index in [4.69, 9.17) is 0 Å². The van der Waals surface area contributed by atoms with Gasteiger partial charge in [-0.2, -0.15) is 16.9 Å². The molecule has 1 rings (SSSR count). The van der Waals surface area contributed by atoms with Crippen LogP contribution in [0.3, 0.4) is 0 Å². The Morgan fingerprint density at radius 1 is 1.64 bits per heavy atom. The first-order chi connectivity index (χ1) is 5.18. The lowest BCUT2D eigenvalue weighted by molar-refractivity contribution is 1.01. The lowest BCUT2D eigenvalue weighted by Crippen LogP contribution is -2.01. The van der Waals surface area contributed by atoms with Crippen molar-refractivity contribution in [3.8, 4) is 0 Å². The molecular formula is C6H11N3OS. The Kier molecular flexibility index (Phi) is 2.76. The highest BCUT2D eigenvalue weighted by Gasteiger charge is 1.99. The van der Waals surface area contributed by atoms with Crippen LogP contribution in [0.1, 0.15) is 19.7 Å². The summed E-state index contributed by atoms with van der Waals surface area (Å²) < 4.78 is 0. The van der Waals surface area contributed by atoms with Gasteiger partial charge >= 0.3 is 5.69 Å². The van der Waals surface area contributed by atoms with Crippen molar-refractivity contribution in [1.82, 2.24) is 15.2 Å². The Labute approximate surface area is 68.8 Å². The number of nitrogens with one attached hydrogen (secondary N) is 2. The molecule has 0 aliphatic carbocycles. The van der Waals surface area contributed by atoms with Crippen LogP contribution < -0.4 is 5.69 Å². The second-order valence-electron chi connectivity index (χ2n) is 2.48. The number of aromatic nitrogens is 3. The minimum atomic E-state index is -0.232. The second kappa shape index (κ2) is 3.61. The summed E-state index contributed by atoms with van der Waals surface area (Å²) in [6, 6.07) is 0. The molecule has 0 radical (unpaired) electrons. The van der Waals surface area contributed by atoms with Crippen LogP contribution >= 0.6 is 11.8 Å². The van der Waals surface area contributed by atoms with Crippen LogP contribution in [0.5, 0.6) is 0 Å². The van der Waals surface area contributed by atoms with E-state index in [0.29, 0.717) is 11.1 Å². The molecule has 11 heavy (non-hydrogen) atoms. The minimum absolute atomic E-state index is 0.232. The fourth-order valence-corrected chi connectivity index (χ4v) is 1.25. The Balaban J connectivity index is 2.45. The maximum absolute atomic E-state index is 10.6. The van der Waals surface area contributed by atoms with Crippen molar-refractivity contribution >= 4 is 11.8 Å². The van der Waals surface area contributed by atoms with E-state index in [9.17, 15) is 4.79 Å². The van der Waals surface area contributed by atoms with Crippen molar-refractivity contribution in [3.05, 3.63) is 16.3 Å². The van der Waals surface area contributed by atoms with Gasteiger partial charge in [0.05, 0.1) is 5.75 Å². The standard InChI is InChI=1S/C6H11N3OS/c1-4(2)11-3-5-7-6(10)9-8-5/h4H,3H2,1-2H3,(H2,7,8,9,10). The molecular weight excluding hydrogens is 162 g/mol. The highest BCUT2D eigenvalue weighted by molar-refractivity contribution is 7.99. The smallest absolute Gasteiger partial charge is 0.292 e. The van der Waals surface area contributed by atoms with Crippen LogP contribution in [0, 0.1) is 0 Å². The van der Waals surface area contributed by atoms with E-state index in [1.54, 1.807) is 11.8 Å². The Morgan fingerprint density at radius 3 is 2.82 bits per heavy atom. The molecule has 2 N–H and O–H groups in total. The lowest BCUT2D eigenvalue weighted by atomic mass is 10.6. The van der Waals surface area contributed by atoms with E-state index >= 15 is 0 Å². The van der Waals surface area contributed by atoms with Crippen molar-refractivity contribution < 1.29 is 0 Å². The third-order valence-corrected chi connectivity index (χ3v) is 2.21. The van der Waals surface area contributed by atoms with Gasteiger partial charge in [0.25, 0.3) is 0 Å². The summed E-state index contributed by atoms with van der Waals surface area (Å²) in [5, 5.41) is 6.66. The van der Waals surface area contributed by atoms with Gasteiger partial charge in [0.15, 0.2) is 0 Å². The lowest BCUT2D eigenvalue weighted by Gasteiger charge is -1.99. The summed E-state index contributed by atoms with van der Waals surface area (Å²) >= 11 is 1.75. The number of hydrogen-bond acceptors (Lipinski definition) is 3. The van der Waals surface area contributed by atoms with Gasteiger partial charge in [-0.15, -0.1) is 0 Å². The Bertz CT molecular complexity index is 265.